The van der Waals surface area contributed by atoms with Crippen molar-refractivity contribution in [3.8, 4) is 11.3 Å². The zero-order valence-electron chi connectivity index (χ0n) is 13.8. The molecular formula is C18H23N3O3. The maximum atomic E-state index is 11.4. The number of aromatic nitrogens is 2. The van der Waals surface area contributed by atoms with Gasteiger partial charge in [0.15, 0.2) is 6.10 Å². The van der Waals surface area contributed by atoms with E-state index in [1.807, 2.05) is 30.3 Å². The second kappa shape index (κ2) is 7.59. The number of nitrogens with one attached hydrogen (secondary N) is 1. The molecule has 2 aromatic rings. The number of carbonyl (C=O) groups is 1. The van der Waals surface area contributed by atoms with Crippen molar-refractivity contribution in [2.75, 3.05) is 20.2 Å². The summed E-state index contributed by atoms with van der Waals surface area (Å²) in [5, 5.41) is 17.4. The fourth-order valence-electron chi connectivity index (χ4n) is 3.18. The first-order valence-electron chi connectivity index (χ1n) is 8.25. The van der Waals surface area contributed by atoms with E-state index in [1.54, 1.807) is 0 Å². The summed E-state index contributed by atoms with van der Waals surface area (Å²) in [6, 6.07) is 12.1. The van der Waals surface area contributed by atoms with Crippen molar-refractivity contribution in [3.05, 3.63) is 42.1 Å². The van der Waals surface area contributed by atoms with Gasteiger partial charge in [0.05, 0.1) is 12.8 Å². The molecule has 1 aromatic carbocycles. The van der Waals surface area contributed by atoms with Crippen molar-refractivity contribution in [1.29, 1.82) is 0 Å². The maximum absolute atomic E-state index is 11.4. The van der Waals surface area contributed by atoms with Crippen LogP contribution in [0.3, 0.4) is 0 Å². The van der Waals surface area contributed by atoms with Gasteiger partial charge in [0.1, 0.15) is 0 Å². The fourth-order valence-corrected chi connectivity index (χ4v) is 3.18. The third-order valence-electron chi connectivity index (χ3n) is 4.62. The second-order valence-electron chi connectivity index (χ2n) is 6.23. The molecule has 128 valence electrons. The predicted molar refractivity (Wildman–Crippen MR) is 90.0 cm³/mol. The number of benzene rings is 1. The van der Waals surface area contributed by atoms with Gasteiger partial charge < -0.3 is 9.84 Å². The first-order chi connectivity index (χ1) is 11.7. The molecule has 0 amide bonds. The Morgan fingerprint density at radius 3 is 2.75 bits per heavy atom. The van der Waals surface area contributed by atoms with Crippen LogP contribution in [-0.2, 0) is 16.1 Å². The number of likely N-dealkylation sites (tertiary alicyclic amines) is 1. The van der Waals surface area contributed by atoms with Gasteiger partial charge in [-0.25, -0.2) is 4.79 Å². The van der Waals surface area contributed by atoms with E-state index in [9.17, 15) is 9.90 Å². The Morgan fingerprint density at radius 2 is 2.08 bits per heavy atom. The van der Waals surface area contributed by atoms with Crippen molar-refractivity contribution in [1.82, 2.24) is 15.1 Å². The number of piperidine rings is 1. The number of aromatic amines is 1. The molecule has 6 nitrogen and oxygen atoms in total. The van der Waals surface area contributed by atoms with Crippen LogP contribution < -0.4 is 0 Å². The summed E-state index contributed by atoms with van der Waals surface area (Å²) in [6.45, 7) is 2.48. The van der Waals surface area contributed by atoms with Gasteiger partial charge in [-0.3, -0.25) is 10.00 Å². The Morgan fingerprint density at radius 1 is 1.38 bits per heavy atom. The molecule has 0 aliphatic carbocycles. The number of rotatable bonds is 5. The number of H-pyrrole nitrogens is 1. The summed E-state index contributed by atoms with van der Waals surface area (Å²) in [7, 11) is 1.31. The lowest BCUT2D eigenvalue weighted by Crippen LogP contribution is -2.40. The summed E-state index contributed by atoms with van der Waals surface area (Å²) in [4.78, 5) is 13.7. The highest BCUT2D eigenvalue weighted by atomic mass is 16.5. The summed E-state index contributed by atoms with van der Waals surface area (Å²) in [5.41, 5.74) is 3.11. The molecule has 0 radical (unpaired) electrons. The highest BCUT2D eigenvalue weighted by molar-refractivity contribution is 5.74. The van der Waals surface area contributed by atoms with Gasteiger partial charge in [0.25, 0.3) is 0 Å². The van der Waals surface area contributed by atoms with Gasteiger partial charge >= 0.3 is 5.97 Å². The number of ether oxygens (including phenoxy) is 1. The Kier molecular flexibility index (Phi) is 5.27. The Bertz CT molecular complexity index is 663. The van der Waals surface area contributed by atoms with Crippen LogP contribution in [0.2, 0.25) is 0 Å². The van der Waals surface area contributed by atoms with Crippen LogP contribution in [-0.4, -0.2) is 52.5 Å². The van der Waals surface area contributed by atoms with Gasteiger partial charge in [0.2, 0.25) is 0 Å². The van der Waals surface area contributed by atoms with E-state index in [1.165, 1.54) is 7.11 Å². The summed E-state index contributed by atoms with van der Waals surface area (Å²) in [6.07, 6.45) is 0.570. The number of hydrogen-bond donors (Lipinski definition) is 2. The smallest absolute Gasteiger partial charge is 0.334 e. The van der Waals surface area contributed by atoms with Crippen LogP contribution >= 0.6 is 0 Å². The third kappa shape index (κ3) is 3.83. The topological polar surface area (TPSA) is 78.5 Å². The van der Waals surface area contributed by atoms with Crippen LogP contribution in [0.1, 0.15) is 18.5 Å². The standard InChI is InChI=1S/C18H23N3O3/c1-24-18(23)17(22)14-7-9-21(10-8-14)12-15-11-16(20-19-15)13-5-3-2-4-6-13/h2-6,11,14,17,22H,7-10,12H2,1H3,(H,19,20)/t17-/m0/s1. The first kappa shape index (κ1) is 16.7. The van der Waals surface area contributed by atoms with Crippen molar-refractivity contribution >= 4 is 5.97 Å². The molecule has 6 heteroatoms. The molecule has 1 fully saturated rings. The Labute approximate surface area is 141 Å². The van der Waals surface area contributed by atoms with Crippen LogP contribution in [0.15, 0.2) is 36.4 Å². The highest BCUT2D eigenvalue weighted by Gasteiger charge is 2.30. The lowest BCUT2D eigenvalue weighted by Gasteiger charge is -2.32. The molecule has 1 aliphatic rings. The van der Waals surface area contributed by atoms with Crippen molar-refractivity contribution in [3.63, 3.8) is 0 Å². The normalized spacial score (nSPS) is 17.6. The number of aliphatic hydroxyl groups is 1. The number of methoxy groups -OCH3 is 1. The summed E-state index contributed by atoms with van der Waals surface area (Å²) >= 11 is 0. The van der Waals surface area contributed by atoms with Crippen LogP contribution in [0.4, 0.5) is 0 Å². The Balaban J connectivity index is 1.54. The molecule has 1 aliphatic heterocycles. The quantitative estimate of drug-likeness (QED) is 0.818. The van der Waals surface area contributed by atoms with Crippen molar-refractivity contribution in [2.45, 2.75) is 25.5 Å². The number of esters is 1. The van der Waals surface area contributed by atoms with E-state index in [0.717, 1.165) is 49.4 Å². The monoisotopic (exact) mass is 329 g/mol. The molecular weight excluding hydrogens is 306 g/mol. The average molecular weight is 329 g/mol. The van der Waals surface area contributed by atoms with Gasteiger partial charge in [-0.15, -0.1) is 0 Å². The number of carbonyl (C=O) groups excluding carboxylic acids is 1. The van der Waals surface area contributed by atoms with E-state index in [2.05, 4.69) is 25.9 Å². The molecule has 3 rings (SSSR count). The molecule has 0 bridgehead atoms. The lowest BCUT2D eigenvalue weighted by molar-refractivity contribution is -0.154. The van der Waals surface area contributed by atoms with E-state index in [0.29, 0.717) is 0 Å². The molecule has 1 atom stereocenters. The molecule has 0 unspecified atom stereocenters. The second-order valence-corrected chi connectivity index (χ2v) is 6.23. The highest BCUT2D eigenvalue weighted by Crippen LogP contribution is 2.23. The molecule has 2 N–H and O–H groups in total. The van der Waals surface area contributed by atoms with Gasteiger partial charge in [-0.1, -0.05) is 30.3 Å². The van der Waals surface area contributed by atoms with E-state index < -0.39 is 12.1 Å². The first-order valence-corrected chi connectivity index (χ1v) is 8.25. The molecule has 24 heavy (non-hydrogen) atoms. The van der Waals surface area contributed by atoms with Crippen molar-refractivity contribution in [2.24, 2.45) is 5.92 Å². The van der Waals surface area contributed by atoms with Gasteiger partial charge in [-0.05, 0) is 37.9 Å². The maximum Gasteiger partial charge on any atom is 0.334 e. The summed E-state index contributed by atoms with van der Waals surface area (Å²) in [5.74, 6) is -0.551. The SMILES string of the molecule is COC(=O)[C@@H](O)C1CCN(Cc2cc(-c3ccccc3)n[nH]2)CC1. The van der Waals surface area contributed by atoms with Crippen molar-refractivity contribution < 1.29 is 14.6 Å². The van der Waals surface area contributed by atoms with Gasteiger partial charge in [-0.2, -0.15) is 5.10 Å². The third-order valence-corrected chi connectivity index (χ3v) is 4.62. The minimum absolute atomic E-state index is 0.0182. The van der Waals surface area contributed by atoms with Gasteiger partial charge in [0, 0.05) is 17.8 Å². The van der Waals surface area contributed by atoms with Crippen LogP contribution in [0, 0.1) is 5.92 Å². The molecule has 0 saturated carbocycles. The minimum atomic E-state index is -1.01. The molecule has 1 aromatic heterocycles. The predicted octanol–water partition coefficient (Wildman–Crippen LogP) is 1.82. The number of aliphatic hydroxyl groups excluding tert-OH is 1. The zero-order chi connectivity index (χ0) is 16.9. The van der Waals surface area contributed by atoms with E-state index >= 15 is 0 Å². The van der Waals surface area contributed by atoms with Crippen LogP contribution in [0.25, 0.3) is 11.3 Å². The minimum Gasteiger partial charge on any atom is -0.467 e. The van der Waals surface area contributed by atoms with E-state index in [-0.39, 0.29) is 5.92 Å². The Hall–Kier alpha value is -2.18. The number of hydrogen-bond acceptors (Lipinski definition) is 5. The molecule has 2 heterocycles. The number of nitrogens with zero attached hydrogens (tertiary/aromatic N) is 2. The fraction of sp³-hybridized carbons (Fsp3) is 0.444. The van der Waals surface area contributed by atoms with Crippen LogP contribution in [0.5, 0.6) is 0 Å². The largest absolute Gasteiger partial charge is 0.467 e. The summed E-state index contributed by atoms with van der Waals surface area (Å²) < 4.78 is 4.62. The molecule has 1 saturated heterocycles. The van der Waals surface area contributed by atoms with E-state index in [4.69, 9.17) is 0 Å². The zero-order valence-corrected chi connectivity index (χ0v) is 13.8. The lowest BCUT2D eigenvalue weighted by atomic mass is 9.91. The molecule has 0 spiro atoms. The average Bonchev–Trinajstić information content (AvgIpc) is 3.10.